The molecule has 0 spiro atoms. The minimum Gasteiger partial charge on any atom is -0.464 e. The number of rotatable bonds is 5. The summed E-state index contributed by atoms with van der Waals surface area (Å²) in [5.74, 6) is 3.14. The molecule has 2 heterocycles. The van der Waals surface area contributed by atoms with Crippen molar-refractivity contribution in [3.05, 3.63) is 36.3 Å². The van der Waals surface area contributed by atoms with E-state index in [2.05, 4.69) is 17.0 Å². The Morgan fingerprint density at radius 2 is 2.33 bits per heavy atom. The van der Waals surface area contributed by atoms with E-state index in [1.54, 1.807) is 23.0 Å². The van der Waals surface area contributed by atoms with Gasteiger partial charge in [0.25, 0.3) is 0 Å². The average Bonchev–Trinajstić information content (AvgIpc) is 2.92. The fraction of sp³-hybridized carbons (Fsp3) is 0.533. The van der Waals surface area contributed by atoms with Gasteiger partial charge in [-0.3, -0.25) is 4.79 Å². The van der Waals surface area contributed by atoms with Crippen molar-refractivity contribution in [1.82, 2.24) is 19.7 Å². The SMILES string of the molecule is C[C@@H]1C[C@@H]1c1ccc(CN(C)C(=O)[C@H](C)n2cncn2)o1. The predicted octanol–water partition coefficient (Wildman–Crippen LogP) is 2.21. The second kappa shape index (κ2) is 5.35. The van der Waals surface area contributed by atoms with Crippen LogP contribution in [0.1, 0.15) is 43.7 Å². The number of hydrogen-bond donors (Lipinski definition) is 0. The minimum atomic E-state index is -0.365. The molecule has 1 aliphatic rings. The molecule has 6 heteroatoms. The van der Waals surface area contributed by atoms with Gasteiger partial charge in [-0.2, -0.15) is 5.10 Å². The van der Waals surface area contributed by atoms with Gasteiger partial charge in [0.05, 0.1) is 6.54 Å². The highest BCUT2D eigenvalue weighted by molar-refractivity contribution is 5.79. The maximum absolute atomic E-state index is 12.3. The van der Waals surface area contributed by atoms with Crippen LogP contribution in [0.3, 0.4) is 0 Å². The van der Waals surface area contributed by atoms with Gasteiger partial charge in [0.15, 0.2) is 0 Å². The number of hydrogen-bond acceptors (Lipinski definition) is 4. The molecule has 1 aliphatic carbocycles. The molecule has 0 bridgehead atoms. The van der Waals surface area contributed by atoms with Crippen LogP contribution in [0, 0.1) is 5.92 Å². The standard InChI is InChI=1S/C15H20N4O2/c1-10-6-13(10)14-5-4-12(21-14)7-18(3)15(20)11(2)19-9-16-8-17-19/h4-5,8-11,13H,6-7H2,1-3H3/t10-,11+,13+/m1/s1. The molecule has 3 atom stereocenters. The van der Waals surface area contributed by atoms with Crippen LogP contribution in [-0.2, 0) is 11.3 Å². The van der Waals surface area contributed by atoms with Crippen LogP contribution in [-0.4, -0.2) is 32.6 Å². The molecule has 2 aromatic heterocycles. The van der Waals surface area contributed by atoms with Crippen LogP contribution in [0.2, 0.25) is 0 Å². The molecule has 6 nitrogen and oxygen atoms in total. The molecule has 0 saturated heterocycles. The fourth-order valence-electron chi connectivity index (χ4n) is 2.56. The van der Waals surface area contributed by atoms with Crippen molar-refractivity contribution in [2.45, 2.75) is 38.8 Å². The first kappa shape index (κ1) is 13.9. The lowest BCUT2D eigenvalue weighted by Gasteiger charge is -2.20. The molecule has 0 unspecified atom stereocenters. The molecule has 112 valence electrons. The van der Waals surface area contributed by atoms with Crippen LogP contribution in [0.15, 0.2) is 29.2 Å². The quantitative estimate of drug-likeness (QED) is 0.846. The van der Waals surface area contributed by atoms with E-state index < -0.39 is 0 Å². The molecule has 21 heavy (non-hydrogen) atoms. The van der Waals surface area contributed by atoms with E-state index in [9.17, 15) is 4.79 Å². The van der Waals surface area contributed by atoms with Crippen molar-refractivity contribution in [1.29, 1.82) is 0 Å². The number of amides is 1. The summed E-state index contributed by atoms with van der Waals surface area (Å²) in [6, 6.07) is 3.63. The van der Waals surface area contributed by atoms with Crippen molar-refractivity contribution in [3.63, 3.8) is 0 Å². The zero-order valence-corrected chi connectivity index (χ0v) is 12.6. The summed E-state index contributed by atoms with van der Waals surface area (Å²) < 4.78 is 7.39. The van der Waals surface area contributed by atoms with Crippen LogP contribution in [0.25, 0.3) is 0 Å². The summed E-state index contributed by atoms with van der Waals surface area (Å²) >= 11 is 0. The van der Waals surface area contributed by atoms with Gasteiger partial charge in [-0.05, 0) is 31.4 Å². The smallest absolute Gasteiger partial charge is 0.247 e. The Bertz CT molecular complexity index is 619. The molecule has 0 N–H and O–H groups in total. The molecule has 3 rings (SSSR count). The monoisotopic (exact) mass is 288 g/mol. The maximum Gasteiger partial charge on any atom is 0.247 e. The van der Waals surface area contributed by atoms with Gasteiger partial charge >= 0.3 is 0 Å². The largest absolute Gasteiger partial charge is 0.464 e. The van der Waals surface area contributed by atoms with Crippen LogP contribution in [0.5, 0.6) is 0 Å². The molecule has 0 aromatic carbocycles. The fourth-order valence-corrected chi connectivity index (χ4v) is 2.56. The lowest BCUT2D eigenvalue weighted by atomic mass is 10.2. The summed E-state index contributed by atoms with van der Waals surface area (Å²) in [6.07, 6.45) is 4.18. The zero-order chi connectivity index (χ0) is 15.0. The van der Waals surface area contributed by atoms with E-state index in [-0.39, 0.29) is 11.9 Å². The van der Waals surface area contributed by atoms with Crippen molar-refractivity contribution in [2.24, 2.45) is 5.92 Å². The molecule has 0 radical (unpaired) electrons. The lowest BCUT2D eigenvalue weighted by molar-refractivity contribution is -0.134. The number of carbonyl (C=O) groups excluding carboxylic acids is 1. The molecule has 1 amide bonds. The average molecular weight is 288 g/mol. The van der Waals surface area contributed by atoms with E-state index in [0.29, 0.717) is 12.5 Å². The summed E-state index contributed by atoms with van der Waals surface area (Å²) in [6.45, 7) is 4.51. The van der Waals surface area contributed by atoms with Crippen molar-refractivity contribution >= 4 is 5.91 Å². The highest BCUT2D eigenvalue weighted by atomic mass is 16.3. The zero-order valence-electron chi connectivity index (χ0n) is 12.6. The molecular weight excluding hydrogens is 268 g/mol. The molecule has 0 aliphatic heterocycles. The van der Waals surface area contributed by atoms with Gasteiger partial charge in [-0.1, -0.05) is 6.92 Å². The van der Waals surface area contributed by atoms with E-state index >= 15 is 0 Å². The Kier molecular flexibility index (Phi) is 3.53. The first-order chi connectivity index (χ1) is 10.1. The number of furan rings is 1. The van der Waals surface area contributed by atoms with Crippen LogP contribution < -0.4 is 0 Å². The topological polar surface area (TPSA) is 64.2 Å². The predicted molar refractivity (Wildman–Crippen MR) is 76.4 cm³/mol. The Hall–Kier alpha value is -2.11. The van der Waals surface area contributed by atoms with Gasteiger partial charge < -0.3 is 9.32 Å². The maximum atomic E-state index is 12.3. The first-order valence-electron chi connectivity index (χ1n) is 7.24. The van der Waals surface area contributed by atoms with Gasteiger partial charge in [-0.15, -0.1) is 0 Å². The Morgan fingerprint density at radius 3 is 2.95 bits per heavy atom. The van der Waals surface area contributed by atoms with Crippen molar-refractivity contribution in [3.8, 4) is 0 Å². The highest BCUT2D eigenvalue weighted by Crippen LogP contribution is 2.47. The number of carbonyl (C=O) groups is 1. The Labute approximate surface area is 123 Å². The number of aromatic nitrogens is 3. The van der Waals surface area contributed by atoms with E-state index in [0.717, 1.165) is 17.4 Å². The van der Waals surface area contributed by atoms with E-state index in [1.165, 1.54) is 12.7 Å². The van der Waals surface area contributed by atoms with Crippen LogP contribution in [0.4, 0.5) is 0 Å². The van der Waals surface area contributed by atoms with E-state index in [4.69, 9.17) is 4.42 Å². The third-order valence-corrected chi connectivity index (χ3v) is 4.12. The summed E-state index contributed by atoms with van der Waals surface area (Å²) in [5, 5.41) is 4.01. The normalized spacial score (nSPS) is 22.0. The summed E-state index contributed by atoms with van der Waals surface area (Å²) in [5.41, 5.74) is 0. The molecule has 2 aromatic rings. The van der Waals surface area contributed by atoms with Crippen LogP contribution >= 0.6 is 0 Å². The molecular formula is C15H20N4O2. The van der Waals surface area contributed by atoms with Crippen molar-refractivity contribution in [2.75, 3.05) is 7.05 Å². The second-order valence-electron chi connectivity index (χ2n) is 5.87. The summed E-state index contributed by atoms with van der Waals surface area (Å²) in [7, 11) is 1.78. The summed E-state index contributed by atoms with van der Waals surface area (Å²) in [4.78, 5) is 17.9. The lowest BCUT2D eigenvalue weighted by Crippen LogP contribution is -2.32. The third kappa shape index (κ3) is 2.84. The second-order valence-corrected chi connectivity index (χ2v) is 5.87. The first-order valence-corrected chi connectivity index (χ1v) is 7.24. The Balaban J connectivity index is 1.61. The number of nitrogens with zero attached hydrogens (tertiary/aromatic N) is 4. The number of likely N-dealkylation sites (N-methyl/N-ethyl adjacent to an activating group) is 1. The van der Waals surface area contributed by atoms with E-state index in [1.807, 2.05) is 19.1 Å². The van der Waals surface area contributed by atoms with Crippen molar-refractivity contribution < 1.29 is 9.21 Å². The van der Waals surface area contributed by atoms with Gasteiger partial charge in [-0.25, -0.2) is 9.67 Å². The van der Waals surface area contributed by atoms with Gasteiger partial charge in [0.2, 0.25) is 5.91 Å². The van der Waals surface area contributed by atoms with Gasteiger partial charge in [0.1, 0.15) is 30.2 Å². The molecule has 1 fully saturated rings. The third-order valence-electron chi connectivity index (χ3n) is 4.12. The Morgan fingerprint density at radius 1 is 1.57 bits per heavy atom. The highest BCUT2D eigenvalue weighted by Gasteiger charge is 2.36. The van der Waals surface area contributed by atoms with Gasteiger partial charge in [0, 0.05) is 13.0 Å². The minimum absolute atomic E-state index is 0.0155. The molecule has 1 saturated carbocycles.